The minimum absolute atomic E-state index is 0.0717. The van der Waals surface area contributed by atoms with E-state index in [1.54, 1.807) is 0 Å². The molecule has 0 aromatic heterocycles. The molecule has 100 valence electrons. The normalized spacial score (nSPS) is 36.2. The fourth-order valence-corrected chi connectivity index (χ4v) is 2.81. The zero-order valence-electron chi connectivity index (χ0n) is 10.5. The molecule has 0 spiro atoms. The van der Waals surface area contributed by atoms with Crippen LogP contribution in [0.4, 0.5) is 13.2 Å². The first-order valence-corrected chi connectivity index (χ1v) is 6.36. The van der Waals surface area contributed by atoms with Crippen LogP contribution in [0.2, 0.25) is 0 Å². The Morgan fingerprint density at radius 1 is 1.35 bits per heavy atom. The SMILES string of the molecule is CC1CN(CCC(F)(F)F)C(C)(C2CC2)CN1. The molecule has 1 N–H and O–H groups in total. The van der Waals surface area contributed by atoms with Gasteiger partial charge in [0.15, 0.2) is 0 Å². The Hall–Kier alpha value is -0.290. The average molecular weight is 250 g/mol. The lowest BCUT2D eigenvalue weighted by atomic mass is 9.89. The fraction of sp³-hybridized carbons (Fsp3) is 1.00. The molecule has 0 radical (unpaired) electrons. The number of hydrogen-bond donors (Lipinski definition) is 1. The van der Waals surface area contributed by atoms with Gasteiger partial charge in [-0.25, -0.2) is 0 Å². The minimum Gasteiger partial charge on any atom is -0.311 e. The first-order chi connectivity index (χ1) is 7.81. The minimum atomic E-state index is -4.04. The van der Waals surface area contributed by atoms with Gasteiger partial charge in [0.1, 0.15) is 0 Å². The summed E-state index contributed by atoms with van der Waals surface area (Å²) in [5, 5.41) is 3.40. The first kappa shape index (κ1) is 13.1. The molecule has 5 heteroatoms. The summed E-state index contributed by atoms with van der Waals surface area (Å²) in [5.41, 5.74) is -0.0717. The van der Waals surface area contributed by atoms with Gasteiger partial charge < -0.3 is 5.32 Å². The molecule has 2 nitrogen and oxygen atoms in total. The van der Waals surface area contributed by atoms with Gasteiger partial charge >= 0.3 is 6.18 Å². The lowest BCUT2D eigenvalue weighted by Gasteiger charge is -2.48. The van der Waals surface area contributed by atoms with Crippen LogP contribution in [0.25, 0.3) is 0 Å². The van der Waals surface area contributed by atoms with Crippen molar-refractivity contribution in [2.45, 2.75) is 50.9 Å². The molecule has 1 aliphatic heterocycles. The van der Waals surface area contributed by atoms with E-state index >= 15 is 0 Å². The van der Waals surface area contributed by atoms with E-state index in [2.05, 4.69) is 17.1 Å². The van der Waals surface area contributed by atoms with E-state index in [1.165, 1.54) is 0 Å². The molecule has 17 heavy (non-hydrogen) atoms. The number of nitrogens with one attached hydrogen (secondary N) is 1. The highest BCUT2D eigenvalue weighted by atomic mass is 19.4. The molecule has 0 aromatic rings. The third kappa shape index (κ3) is 3.13. The lowest BCUT2D eigenvalue weighted by Crippen LogP contribution is -2.64. The fourth-order valence-electron chi connectivity index (χ4n) is 2.81. The standard InChI is InChI=1S/C12H21F3N2/c1-9-7-17(6-5-12(13,14)15)11(2,8-16-9)10-3-4-10/h9-10,16H,3-8H2,1-2H3. The van der Waals surface area contributed by atoms with E-state index in [-0.39, 0.29) is 18.1 Å². The largest absolute Gasteiger partial charge is 0.390 e. The summed E-state index contributed by atoms with van der Waals surface area (Å²) in [5.74, 6) is 0.579. The Bertz CT molecular complexity index is 275. The van der Waals surface area contributed by atoms with Gasteiger partial charge in [0, 0.05) is 31.2 Å². The highest BCUT2D eigenvalue weighted by Gasteiger charge is 2.48. The van der Waals surface area contributed by atoms with Gasteiger partial charge in [0.05, 0.1) is 6.42 Å². The number of halogens is 3. The molecule has 0 aromatic carbocycles. The van der Waals surface area contributed by atoms with Crippen molar-refractivity contribution >= 4 is 0 Å². The Morgan fingerprint density at radius 3 is 2.53 bits per heavy atom. The number of alkyl halides is 3. The maximum absolute atomic E-state index is 12.3. The smallest absolute Gasteiger partial charge is 0.311 e. The summed E-state index contributed by atoms with van der Waals surface area (Å²) in [6.45, 7) is 5.83. The molecule has 2 unspecified atom stereocenters. The zero-order valence-corrected chi connectivity index (χ0v) is 10.5. The molecule has 1 aliphatic carbocycles. The van der Waals surface area contributed by atoms with Crippen LogP contribution in [0.1, 0.15) is 33.1 Å². The monoisotopic (exact) mass is 250 g/mol. The van der Waals surface area contributed by atoms with Crippen molar-refractivity contribution in [3.05, 3.63) is 0 Å². The van der Waals surface area contributed by atoms with Crippen LogP contribution in [0.5, 0.6) is 0 Å². The lowest BCUT2D eigenvalue weighted by molar-refractivity contribution is -0.143. The second-order valence-electron chi connectivity index (χ2n) is 5.72. The molecule has 1 saturated carbocycles. The van der Waals surface area contributed by atoms with Gasteiger partial charge in [-0.15, -0.1) is 0 Å². The Balaban J connectivity index is 1.99. The zero-order chi connectivity index (χ0) is 12.7. The average Bonchev–Trinajstić information content (AvgIpc) is 3.02. The van der Waals surface area contributed by atoms with Crippen molar-refractivity contribution in [3.8, 4) is 0 Å². The van der Waals surface area contributed by atoms with Crippen molar-refractivity contribution in [1.82, 2.24) is 10.2 Å². The Morgan fingerprint density at radius 2 is 2.00 bits per heavy atom. The van der Waals surface area contributed by atoms with Gasteiger partial charge in [-0.05, 0) is 32.6 Å². The van der Waals surface area contributed by atoms with Gasteiger partial charge in [0.25, 0.3) is 0 Å². The predicted octanol–water partition coefficient (Wildman–Crippen LogP) is 2.40. The quantitative estimate of drug-likeness (QED) is 0.827. The van der Waals surface area contributed by atoms with Crippen molar-refractivity contribution in [1.29, 1.82) is 0 Å². The topological polar surface area (TPSA) is 15.3 Å². The van der Waals surface area contributed by atoms with Crippen LogP contribution in [0.15, 0.2) is 0 Å². The van der Waals surface area contributed by atoms with Crippen molar-refractivity contribution in [2.75, 3.05) is 19.6 Å². The highest BCUT2D eigenvalue weighted by Crippen LogP contribution is 2.44. The molecular formula is C12H21F3N2. The number of nitrogens with zero attached hydrogens (tertiary/aromatic N) is 1. The van der Waals surface area contributed by atoms with E-state index in [4.69, 9.17) is 0 Å². The van der Waals surface area contributed by atoms with Gasteiger partial charge in [-0.2, -0.15) is 13.2 Å². The van der Waals surface area contributed by atoms with Crippen molar-refractivity contribution in [2.24, 2.45) is 5.92 Å². The summed E-state index contributed by atoms with van der Waals surface area (Å²) >= 11 is 0. The third-order valence-corrected chi connectivity index (χ3v) is 4.15. The Kier molecular flexibility index (Phi) is 3.42. The summed E-state index contributed by atoms with van der Waals surface area (Å²) in [4.78, 5) is 2.05. The summed E-state index contributed by atoms with van der Waals surface area (Å²) in [6, 6.07) is 0.287. The van der Waals surface area contributed by atoms with Gasteiger partial charge in [-0.3, -0.25) is 4.90 Å². The number of rotatable bonds is 3. The van der Waals surface area contributed by atoms with E-state index in [0.717, 1.165) is 25.9 Å². The molecule has 0 bridgehead atoms. The van der Waals surface area contributed by atoms with Crippen LogP contribution < -0.4 is 5.32 Å². The molecule has 2 fully saturated rings. The molecule has 1 saturated heterocycles. The van der Waals surface area contributed by atoms with E-state index < -0.39 is 12.6 Å². The summed E-state index contributed by atoms with van der Waals surface area (Å²) in [7, 11) is 0. The molecule has 1 heterocycles. The maximum Gasteiger partial charge on any atom is 0.390 e. The van der Waals surface area contributed by atoms with Gasteiger partial charge in [0.2, 0.25) is 0 Å². The highest BCUT2D eigenvalue weighted by molar-refractivity contribution is 5.04. The Labute approximate surface area is 101 Å². The molecule has 0 amide bonds. The van der Waals surface area contributed by atoms with Crippen LogP contribution >= 0.6 is 0 Å². The van der Waals surface area contributed by atoms with E-state index in [1.807, 2.05) is 6.92 Å². The van der Waals surface area contributed by atoms with Crippen LogP contribution in [0.3, 0.4) is 0 Å². The molecule has 2 atom stereocenters. The van der Waals surface area contributed by atoms with E-state index in [9.17, 15) is 13.2 Å². The van der Waals surface area contributed by atoms with Gasteiger partial charge in [-0.1, -0.05) is 0 Å². The van der Waals surface area contributed by atoms with Crippen molar-refractivity contribution < 1.29 is 13.2 Å². The van der Waals surface area contributed by atoms with Crippen LogP contribution in [-0.2, 0) is 0 Å². The molecular weight excluding hydrogens is 229 g/mol. The molecule has 2 aliphatic rings. The first-order valence-electron chi connectivity index (χ1n) is 6.36. The maximum atomic E-state index is 12.3. The summed E-state index contributed by atoms with van der Waals surface area (Å²) < 4.78 is 37.0. The van der Waals surface area contributed by atoms with Crippen LogP contribution in [-0.4, -0.2) is 42.3 Å². The third-order valence-electron chi connectivity index (χ3n) is 4.15. The van der Waals surface area contributed by atoms with E-state index in [0.29, 0.717) is 5.92 Å². The predicted molar refractivity (Wildman–Crippen MR) is 60.8 cm³/mol. The number of piperazine rings is 1. The second kappa shape index (κ2) is 4.43. The number of hydrogen-bond acceptors (Lipinski definition) is 2. The van der Waals surface area contributed by atoms with Crippen molar-refractivity contribution in [3.63, 3.8) is 0 Å². The second-order valence-corrected chi connectivity index (χ2v) is 5.72. The van der Waals surface area contributed by atoms with Crippen LogP contribution in [0, 0.1) is 5.92 Å². The summed E-state index contributed by atoms with van der Waals surface area (Å²) in [6.07, 6.45) is -2.41. The molecule has 2 rings (SSSR count).